The number of nitrogens with one attached hydrogen (secondary N) is 2. The molecule has 1 aromatic carbocycles. The van der Waals surface area contributed by atoms with Crippen LogP contribution in [-0.4, -0.2) is 44.3 Å². The van der Waals surface area contributed by atoms with Crippen LogP contribution in [0.3, 0.4) is 0 Å². The van der Waals surface area contributed by atoms with Crippen LogP contribution in [0.15, 0.2) is 29.3 Å². The Labute approximate surface area is 177 Å². The molecule has 0 unspecified atom stereocenters. The molecule has 1 aliphatic carbocycles. The van der Waals surface area contributed by atoms with Gasteiger partial charge in [-0.3, -0.25) is 4.99 Å². The van der Waals surface area contributed by atoms with Crippen LogP contribution < -0.4 is 10.6 Å². The number of nitrogens with zero attached hydrogens (tertiary/aromatic N) is 2. The number of halogens is 1. The second-order valence-electron chi connectivity index (χ2n) is 6.48. The number of ether oxygens (including phenoxy) is 1. The minimum atomic E-state index is 0. The Morgan fingerprint density at radius 3 is 2.73 bits per heavy atom. The summed E-state index contributed by atoms with van der Waals surface area (Å²) in [6.45, 7) is 3.56. The summed E-state index contributed by atoms with van der Waals surface area (Å²) < 4.78 is 6.91. The smallest absolute Gasteiger partial charge is 0.190 e. The molecule has 0 atom stereocenters. The summed E-state index contributed by atoms with van der Waals surface area (Å²) in [5.41, 5.74) is 1.11. The zero-order valence-corrected chi connectivity index (χ0v) is 18.5. The van der Waals surface area contributed by atoms with E-state index < -0.39 is 0 Å². The quantitative estimate of drug-likeness (QED) is 0.231. The van der Waals surface area contributed by atoms with Crippen LogP contribution in [0, 0.1) is 5.92 Å². The molecule has 144 valence electrons. The molecule has 2 aromatic rings. The summed E-state index contributed by atoms with van der Waals surface area (Å²) in [4.78, 5) is 8.94. The lowest BCUT2D eigenvalue weighted by Gasteiger charge is -2.11. The van der Waals surface area contributed by atoms with Gasteiger partial charge in [0.1, 0.15) is 0 Å². The number of aromatic nitrogens is 1. The van der Waals surface area contributed by atoms with Crippen molar-refractivity contribution in [1.29, 1.82) is 0 Å². The highest BCUT2D eigenvalue weighted by Crippen LogP contribution is 2.28. The third-order valence-corrected chi connectivity index (χ3v) is 5.33. The Kier molecular flexibility index (Phi) is 9.63. The van der Waals surface area contributed by atoms with Crippen LogP contribution in [0.25, 0.3) is 10.2 Å². The van der Waals surface area contributed by atoms with Crippen LogP contribution in [0.5, 0.6) is 0 Å². The van der Waals surface area contributed by atoms with Gasteiger partial charge in [-0.2, -0.15) is 0 Å². The number of benzene rings is 1. The van der Waals surface area contributed by atoms with Gasteiger partial charge in [-0.05, 0) is 43.7 Å². The van der Waals surface area contributed by atoms with E-state index in [1.54, 1.807) is 11.3 Å². The minimum absolute atomic E-state index is 0. The van der Waals surface area contributed by atoms with E-state index in [0.29, 0.717) is 0 Å². The van der Waals surface area contributed by atoms with Crippen molar-refractivity contribution in [2.45, 2.75) is 32.1 Å². The Hall–Kier alpha value is -0.930. The molecule has 1 saturated carbocycles. The van der Waals surface area contributed by atoms with Gasteiger partial charge >= 0.3 is 0 Å². The molecule has 1 aromatic heterocycles. The van der Waals surface area contributed by atoms with Crippen molar-refractivity contribution in [1.82, 2.24) is 15.6 Å². The maximum absolute atomic E-state index is 5.64. The summed E-state index contributed by atoms with van der Waals surface area (Å²) in [5, 5.41) is 7.91. The second-order valence-corrected chi connectivity index (χ2v) is 7.59. The van der Waals surface area contributed by atoms with E-state index in [-0.39, 0.29) is 24.0 Å². The summed E-state index contributed by atoms with van der Waals surface area (Å²) in [6, 6.07) is 8.32. The number of thiazole rings is 1. The van der Waals surface area contributed by atoms with E-state index in [1.807, 2.05) is 13.1 Å². The van der Waals surface area contributed by atoms with Gasteiger partial charge in [-0.15, -0.1) is 35.3 Å². The molecule has 0 bridgehead atoms. The van der Waals surface area contributed by atoms with Crippen molar-refractivity contribution < 1.29 is 4.74 Å². The zero-order valence-electron chi connectivity index (χ0n) is 15.4. The Morgan fingerprint density at radius 2 is 2.00 bits per heavy atom. The first-order valence-corrected chi connectivity index (χ1v) is 10.0. The lowest BCUT2D eigenvalue weighted by atomic mass is 10.3. The van der Waals surface area contributed by atoms with Gasteiger partial charge in [0, 0.05) is 39.8 Å². The van der Waals surface area contributed by atoms with Gasteiger partial charge in [0.2, 0.25) is 0 Å². The van der Waals surface area contributed by atoms with Gasteiger partial charge in [0.15, 0.2) is 5.96 Å². The van der Waals surface area contributed by atoms with Crippen molar-refractivity contribution in [3.63, 3.8) is 0 Å². The van der Waals surface area contributed by atoms with E-state index in [0.717, 1.165) is 63.0 Å². The minimum Gasteiger partial charge on any atom is -0.381 e. The topological polar surface area (TPSA) is 58.5 Å². The van der Waals surface area contributed by atoms with Crippen LogP contribution in [0.1, 0.15) is 30.7 Å². The fraction of sp³-hybridized carbons (Fsp3) is 0.579. The summed E-state index contributed by atoms with van der Waals surface area (Å²) >= 11 is 1.79. The summed E-state index contributed by atoms with van der Waals surface area (Å²) in [5.74, 6) is 1.71. The van der Waals surface area contributed by atoms with Crippen LogP contribution in [-0.2, 0) is 11.2 Å². The number of aryl methyl sites for hydroxylation is 1. The third kappa shape index (κ3) is 7.36. The Balaban J connectivity index is 0.00000243. The Bertz CT molecular complexity index is 654. The number of fused-ring (bicyclic) bond motifs is 1. The number of guanidine groups is 1. The lowest BCUT2D eigenvalue weighted by Crippen LogP contribution is -2.38. The first-order chi connectivity index (χ1) is 12.3. The molecule has 2 N–H and O–H groups in total. The molecule has 3 rings (SSSR count). The normalized spacial score (nSPS) is 14.3. The summed E-state index contributed by atoms with van der Waals surface area (Å²) in [7, 11) is 1.81. The van der Waals surface area contributed by atoms with Crippen molar-refractivity contribution in [3.05, 3.63) is 29.3 Å². The lowest BCUT2D eigenvalue weighted by molar-refractivity contribution is 0.123. The molecular weight excluding hydrogens is 459 g/mol. The Morgan fingerprint density at radius 1 is 1.23 bits per heavy atom. The largest absolute Gasteiger partial charge is 0.381 e. The predicted octanol–water partition coefficient (Wildman–Crippen LogP) is 3.83. The first kappa shape index (κ1) is 21.4. The number of hydrogen-bond acceptors (Lipinski definition) is 4. The van der Waals surface area contributed by atoms with Crippen molar-refractivity contribution in [2.75, 3.05) is 33.4 Å². The molecular formula is C19H29IN4OS. The maximum atomic E-state index is 5.64. The zero-order chi connectivity index (χ0) is 17.3. The monoisotopic (exact) mass is 488 g/mol. The van der Waals surface area contributed by atoms with E-state index in [1.165, 1.54) is 22.5 Å². The van der Waals surface area contributed by atoms with Crippen LogP contribution >= 0.6 is 35.3 Å². The second kappa shape index (κ2) is 11.7. The van der Waals surface area contributed by atoms with Gasteiger partial charge < -0.3 is 15.4 Å². The van der Waals surface area contributed by atoms with Gasteiger partial charge in [-0.1, -0.05) is 12.1 Å². The molecule has 0 spiro atoms. The average molecular weight is 488 g/mol. The van der Waals surface area contributed by atoms with E-state index in [9.17, 15) is 0 Å². The number of hydrogen-bond donors (Lipinski definition) is 2. The number of rotatable bonds is 10. The summed E-state index contributed by atoms with van der Waals surface area (Å²) in [6.07, 6.45) is 5.76. The average Bonchev–Trinajstić information content (AvgIpc) is 3.36. The maximum Gasteiger partial charge on any atom is 0.190 e. The van der Waals surface area contributed by atoms with E-state index in [2.05, 4.69) is 38.8 Å². The van der Waals surface area contributed by atoms with Gasteiger partial charge in [-0.25, -0.2) is 4.98 Å². The molecule has 5 nitrogen and oxygen atoms in total. The predicted molar refractivity (Wildman–Crippen MR) is 121 cm³/mol. The van der Waals surface area contributed by atoms with Crippen molar-refractivity contribution in [2.24, 2.45) is 10.9 Å². The molecule has 1 heterocycles. The fourth-order valence-electron chi connectivity index (χ4n) is 2.61. The molecule has 1 aliphatic rings. The third-order valence-electron chi connectivity index (χ3n) is 4.23. The first-order valence-electron chi connectivity index (χ1n) is 9.22. The van der Waals surface area contributed by atoms with Crippen LogP contribution in [0.4, 0.5) is 0 Å². The standard InChI is InChI=1S/C19H28N4OS.HI/c1-20-19(22-12-5-13-24-14-15-9-10-15)21-11-4-8-18-23-16-6-2-3-7-17(16)25-18;/h2-3,6-7,15H,4-5,8-14H2,1H3,(H2,20,21,22);1H. The molecule has 26 heavy (non-hydrogen) atoms. The number of para-hydroxylation sites is 1. The van der Waals surface area contributed by atoms with Gasteiger partial charge in [0.25, 0.3) is 0 Å². The fourth-order valence-corrected chi connectivity index (χ4v) is 3.62. The van der Waals surface area contributed by atoms with Crippen LogP contribution in [0.2, 0.25) is 0 Å². The van der Waals surface area contributed by atoms with Crippen molar-refractivity contribution in [3.8, 4) is 0 Å². The van der Waals surface area contributed by atoms with E-state index >= 15 is 0 Å². The number of aliphatic imine (C=N–C) groups is 1. The van der Waals surface area contributed by atoms with Gasteiger partial charge in [0.05, 0.1) is 15.2 Å². The molecule has 7 heteroatoms. The highest BCUT2D eigenvalue weighted by molar-refractivity contribution is 14.0. The molecule has 1 fully saturated rings. The van der Waals surface area contributed by atoms with E-state index in [4.69, 9.17) is 4.74 Å². The SMILES string of the molecule is CN=C(NCCCOCC1CC1)NCCCc1nc2ccccc2s1.I. The molecule has 0 amide bonds. The molecule has 0 aliphatic heterocycles. The highest BCUT2D eigenvalue weighted by Gasteiger charge is 2.20. The molecule has 0 radical (unpaired) electrons. The van der Waals surface area contributed by atoms with Crippen molar-refractivity contribution >= 4 is 51.5 Å². The highest BCUT2D eigenvalue weighted by atomic mass is 127. The molecule has 0 saturated heterocycles.